The Labute approximate surface area is 98.4 Å². The molecule has 0 aromatic rings. The fraction of sp³-hybridized carbons (Fsp3) is 0.833. The van der Waals surface area contributed by atoms with Gasteiger partial charge in [0.05, 0.1) is 6.54 Å². The molecule has 0 atom stereocenters. The van der Waals surface area contributed by atoms with Gasteiger partial charge in [0.15, 0.2) is 0 Å². The van der Waals surface area contributed by atoms with Crippen molar-refractivity contribution in [2.24, 2.45) is 11.8 Å². The van der Waals surface area contributed by atoms with Crippen LogP contribution in [0.4, 0.5) is 0 Å². The second-order valence-corrected chi connectivity index (χ2v) is 4.94. The summed E-state index contributed by atoms with van der Waals surface area (Å²) in [4.78, 5) is 24.8. The molecule has 0 fully saturated rings. The average Bonchev–Trinajstić information content (AvgIpc) is 2.14. The summed E-state index contributed by atoms with van der Waals surface area (Å²) in [5.41, 5.74) is 0. The highest BCUT2D eigenvalue weighted by molar-refractivity contribution is 5.84. The lowest BCUT2D eigenvalue weighted by Gasteiger charge is -2.24. The van der Waals surface area contributed by atoms with Crippen LogP contribution in [-0.2, 0) is 9.59 Å². The highest BCUT2D eigenvalue weighted by Crippen LogP contribution is 2.06. The molecule has 0 aliphatic heterocycles. The quantitative estimate of drug-likeness (QED) is 0.744. The predicted molar refractivity (Wildman–Crippen MR) is 64.9 cm³/mol. The predicted octanol–water partition coefficient (Wildman–Crippen LogP) is 1.26. The third kappa shape index (κ3) is 6.43. The molecule has 0 bridgehead atoms. The summed E-state index contributed by atoms with van der Waals surface area (Å²) in [6.07, 6.45) is 0.504. The van der Waals surface area contributed by atoms with Gasteiger partial charge >= 0.3 is 0 Å². The maximum atomic E-state index is 11.9. The van der Waals surface area contributed by atoms with Crippen LogP contribution in [0.3, 0.4) is 0 Å². The number of hydrogen-bond donors (Lipinski definition) is 1. The summed E-state index contributed by atoms with van der Waals surface area (Å²) in [7, 11) is 1.59. The van der Waals surface area contributed by atoms with E-state index in [1.54, 1.807) is 11.9 Å². The first kappa shape index (κ1) is 14.9. The van der Waals surface area contributed by atoms with Crippen molar-refractivity contribution in [1.29, 1.82) is 0 Å². The molecular weight excluding hydrogens is 204 g/mol. The van der Waals surface area contributed by atoms with Crippen LogP contribution in [-0.4, -0.2) is 36.9 Å². The van der Waals surface area contributed by atoms with Crippen LogP contribution in [0.15, 0.2) is 0 Å². The Morgan fingerprint density at radius 1 is 1.12 bits per heavy atom. The van der Waals surface area contributed by atoms with Gasteiger partial charge in [-0.15, -0.1) is 0 Å². The number of carbonyl (C=O) groups excluding carboxylic acids is 2. The topological polar surface area (TPSA) is 49.4 Å². The van der Waals surface area contributed by atoms with Gasteiger partial charge in [0, 0.05) is 20.0 Å². The summed E-state index contributed by atoms with van der Waals surface area (Å²) in [6, 6.07) is 0. The maximum absolute atomic E-state index is 11.9. The molecule has 0 rings (SSSR count). The summed E-state index contributed by atoms with van der Waals surface area (Å²) in [5.74, 6) is 0.651. The molecule has 0 saturated carbocycles. The SMILES string of the molecule is CNC(=O)CN(CC(C)C)C(=O)CC(C)C. The van der Waals surface area contributed by atoms with Crippen molar-refractivity contribution < 1.29 is 9.59 Å². The molecule has 0 aliphatic carbocycles. The Hall–Kier alpha value is -1.06. The number of nitrogens with one attached hydrogen (secondary N) is 1. The third-order valence-corrected chi connectivity index (χ3v) is 2.13. The zero-order valence-corrected chi connectivity index (χ0v) is 11.0. The number of rotatable bonds is 6. The fourth-order valence-corrected chi connectivity index (χ4v) is 1.43. The molecule has 4 heteroatoms. The molecule has 94 valence electrons. The molecule has 0 unspecified atom stereocenters. The normalized spacial score (nSPS) is 10.7. The van der Waals surface area contributed by atoms with E-state index in [4.69, 9.17) is 0 Å². The van der Waals surface area contributed by atoms with Gasteiger partial charge < -0.3 is 10.2 Å². The monoisotopic (exact) mass is 228 g/mol. The Morgan fingerprint density at radius 2 is 1.69 bits per heavy atom. The van der Waals surface area contributed by atoms with Gasteiger partial charge in [0.25, 0.3) is 0 Å². The number of nitrogens with zero attached hydrogens (tertiary/aromatic N) is 1. The number of likely N-dealkylation sites (N-methyl/N-ethyl adjacent to an activating group) is 1. The first-order chi connectivity index (χ1) is 7.36. The molecular formula is C12H24N2O2. The van der Waals surface area contributed by atoms with E-state index < -0.39 is 0 Å². The van der Waals surface area contributed by atoms with Crippen molar-refractivity contribution in [2.45, 2.75) is 34.1 Å². The van der Waals surface area contributed by atoms with Gasteiger partial charge in [-0.3, -0.25) is 9.59 Å². The van der Waals surface area contributed by atoms with Crippen molar-refractivity contribution in [1.82, 2.24) is 10.2 Å². The molecule has 0 heterocycles. The lowest BCUT2D eigenvalue weighted by molar-refractivity contribution is -0.137. The fourth-order valence-electron chi connectivity index (χ4n) is 1.43. The van der Waals surface area contributed by atoms with Crippen LogP contribution in [0.1, 0.15) is 34.1 Å². The van der Waals surface area contributed by atoms with E-state index in [-0.39, 0.29) is 18.4 Å². The molecule has 0 aromatic carbocycles. The Balaban J connectivity index is 4.40. The lowest BCUT2D eigenvalue weighted by atomic mass is 10.1. The molecule has 1 N–H and O–H groups in total. The first-order valence-corrected chi connectivity index (χ1v) is 5.85. The van der Waals surface area contributed by atoms with Crippen LogP contribution in [0.5, 0.6) is 0 Å². The summed E-state index contributed by atoms with van der Waals surface area (Å²) in [6.45, 7) is 8.90. The highest BCUT2D eigenvalue weighted by atomic mass is 16.2. The highest BCUT2D eigenvalue weighted by Gasteiger charge is 2.18. The van der Waals surface area contributed by atoms with E-state index in [1.807, 2.05) is 27.7 Å². The molecule has 0 aromatic heterocycles. The van der Waals surface area contributed by atoms with Crippen LogP contribution >= 0.6 is 0 Å². The van der Waals surface area contributed by atoms with Crippen molar-refractivity contribution >= 4 is 11.8 Å². The van der Waals surface area contributed by atoms with Crippen molar-refractivity contribution in [2.75, 3.05) is 20.1 Å². The van der Waals surface area contributed by atoms with Gasteiger partial charge in [-0.05, 0) is 11.8 Å². The average molecular weight is 228 g/mol. The minimum absolute atomic E-state index is 0.0623. The van der Waals surface area contributed by atoms with E-state index in [0.717, 1.165) is 0 Å². The molecule has 0 saturated heterocycles. The van der Waals surface area contributed by atoms with Gasteiger partial charge in [0.1, 0.15) is 0 Å². The summed E-state index contributed by atoms with van der Waals surface area (Å²) < 4.78 is 0. The zero-order chi connectivity index (χ0) is 12.7. The molecule has 16 heavy (non-hydrogen) atoms. The van der Waals surface area contributed by atoms with Crippen molar-refractivity contribution in [3.8, 4) is 0 Å². The zero-order valence-electron chi connectivity index (χ0n) is 11.0. The number of carbonyl (C=O) groups is 2. The molecule has 0 spiro atoms. The smallest absolute Gasteiger partial charge is 0.239 e. The van der Waals surface area contributed by atoms with Crippen LogP contribution < -0.4 is 5.32 Å². The minimum Gasteiger partial charge on any atom is -0.358 e. The van der Waals surface area contributed by atoms with Crippen molar-refractivity contribution in [3.63, 3.8) is 0 Å². The van der Waals surface area contributed by atoms with Crippen molar-refractivity contribution in [3.05, 3.63) is 0 Å². The summed E-state index contributed by atoms with van der Waals surface area (Å²) >= 11 is 0. The second kappa shape index (κ2) is 7.25. The van der Waals surface area contributed by atoms with E-state index >= 15 is 0 Å². The van der Waals surface area contributed by atoms with E-state index in [9.17, 15) is 9.59 Å². The standard InChI is InChI=1S/C12H24N2O2/c1-9(2)6-12(16)14(7-10(3)4)8-11(15)13-5/h9-10H,6-8H2,1-5H3,(H,13,15). The van der Waals surface area contributed by atoms with E-state index in [2.05, 4.69) is 5.32 Å². The van der Waals surface area contributed by atoms with Gasteiger partial charge in [-0.25, -0.2) is 0 Å². The van der Waals surface area contributed by atoms with Crippen LogP contribution in [0, 0.1) is 11.8 Å². The minimum atomic E-state index is -0.113. The van der Waals surface area contributed by atoms with Gasteiger partial charge in [0.2, 0.25) is 11.8 Å². The largest absolute Gasteiger partial charge is 0.358 e. The van der Waals surface area contributed by atoms with Crippen LogP contribution in [0.2, 0.25) is 0 Å². The Bertz CT molecular complexity index is 237. The molecule has 4 nitrogen and oxygen atoms in total. The van der Waals surface area contributed by atoms with Gasteiger partial charge in [-0.1, -0.05) is 27.7 Å². The number of hydrogen-bond acceptors (Lipinski definition) is 2. The Kier molecular flexibility index (Phi) is 6.77. The second-order valence-electron chi connectivity index (χ2n) is 4.94. The van der Waals surface area contributed by atoms with Crippen LogP contribution in [0.25, 0.3) is 0 Å². The molecule has 0 radical (unpaired) electrons. The summed E-state index contributed by atoms with van der Waals surface area (Å²) in [5, 5.41) is 2.54. The lowest BCUT2D eigenvalue weighted by Crippen LogP contribution is -2.41. The maximum Gasteiger partial charge on any atom is 0.239 e. The molecule has 0 aliphatic rings. The first-order valence-electron chi connectivity index (χ1n) is 5.85. The Morgan fingerprint density at radius 3 is 2.06 bits per heavy atom. The van der Waals surface area contributed by atoms with E-state index in [0.29, 0.717) is 24.8 Å². The molecule has 2 amide bonds. The van der Waals surface area contributed by atoms with E-state index in [1.165, 1.54) is 0 Å². The third-order valence-electron chi connectivity index (χ3n) is 2.13. The number of amides is 2. The van der Waals surface area contributed by atoms with Gasteiger partial charge in [-0.2, -0.15) is 0 Å².